The van der Waals surface area contributed by atoms with E-state index in [1.807, 2.05) is 0 Å². The Morgan fingerprint density at radius 1 is 0.882 bits per heavy atom. The Hall–Kier alpha value is -0.0400. The highest BCUT2D eigenvalue weighted by Gasteiger charge is 2.22. The summed E-state index contributed by atoms with van der Waals surface area (Å²) in [5, 5.41) is 3.82. The summed E-state index contributed by atoms with van der Waals surface area (Å²) >= 11 is 0. The molecule has 0 aromatic heterocycles. The minimum atomic E-state index is 0.718. The quantitative estimate of drug-likeness (QED) is 0.721. The molecule has 0 unspecified atom stereocenters. The Labute approximate surface area is 109 Å². The van der Waals surface area contributed by atoms with Gasteiger partial charge in [0, 0.05) is 6.04 Å². The van der Waals surface area contributed by atoms with Crippen LogP contribution in [-0.2, 0) is 0 Å². The molecule has 1 rings (SSSR count). The van der Waals surface area contributed by atoms with Gasteiger partial charge in [-0.2, -0.15) is 0 Å². The average Bonchev–Trinajstić information content (AvgIpc) is 2.29. The maximum absolute atomic E-state index is 3.82. The van der Waals surface area contributed by atoms with Crippen LogP contribution in [0.3, 0.4) is 0 Å². The van der Waals surface area contributed by atoms with E-state index in [2.05, 4.69) is 39.9 Å². The zero-order valence-electron chi connectivity index (χ0n) is 12.6. The molecule has 0 aromatic rings. The highest BCUT2D eigenvalue weighted by Crippen LogP contribution is 2.27. The molecule has 0 radical (unpaired) electrons. The molecule has 0 bridgehead atoms. The van der Waals surface area contributed by atoms with Crippen molar-refractivity contribution >= 4 is 0 Å². The van der Waals surface area contributed by atoms with Gasteiger partial charge in [-0.05, 0) is 50.0 Å². The standard InChI is InChI=1S/C16H33N/c1-12(2)16(13(3)4)11-17-14(5)15-9-7-6-8-10-15/h12-17H,6-11H2,1-5H3/t14-/m1/s1. The fourth-order valence-electron chi connectivity index (χ4n) is 3.36. The minimum absolute atomic E-state index is 0.718. The van der Waals surface area contributed by atoms with Crippen LogP contribution in [0.25, 0.3) is 0 Å². The van der Waals surface area contributed by atoms with Gasteiger partial charge in [-0.25, -0.2) is 0 Å². The molecule has 1 saturated carbocycles. The molecular weight excluding hydrogens is 206 g/mol. The molecule has 0 amide bonds. The number of rotatable bonds is 6. The van der Waals surface area contributed by atoms with Gasteiger partial charge >= 0.3 is 0 Å². The Bertz CT molecular complexity index is 184. The van der Waals surface area contributed by atoms with Crippen LogP contribution in [0.2, 0.25) is 0 Å². The molecule has 1 fully saturated rings. The predicted molar refractivity (Wildman–Crippen MR) is 77.2 cm³/mol. The van der Waals surface area contributed by atoms with Crippen molar-refractivity contribution in [2.75, 3.05) is 6.54 Å². The second kappa shape index (κ2) is 7.41. The Morgan fingerprint density at radius 3 is 1.88 bits per heavy atom. The van der Waals surface area contributed by atoms with Gasteiger partial charge in [0.05, 0.1) is 0 Å². The van der Waals surface area contributed by atoms with Crippen molar-refractivity contribution in [3.63, 3.8) is 0 Å². The third-order valence-electron chi connectivity index (χ3n) is 4.75. The van der Waals surface area contributed by atoms with Crippen LogP contribution in [0.15, 0.2) is 0 Å². The van der Waals surface area contributed by atoms with Gasteiger partial charge in [0.2, 0.25) is 0 Å². The van der Waals surface area contributed by atoms with E-state index in [1.165, 1.54) is 38.6 Å². The summed E-state index contributed by atoms with van der Waals surface area (Å²) in [7, 11) is 0. The van der Waals surface area contributed by atoms with Crippen molar-refractivity contribution in [2.45, 2.75) is 72.8 Å². The van der Waals surface area contributed by atoms with Crippen molar-refractivity contribution < 1.29 is 0 Å². The van der Waals surface area contributed by atoms with Crippen LogP contribution in [0.5, 0.6) is 0 Å². The average molecular weight is 239 g/mol. The molecule has 1 nitrogen and oxygen atoms in total. The van der Waals surface area contributed by atoms with Crippen LogP contribution < -0.4 is 5.32 Å². The van der Waals surface area contributed by atoms with E-state index in [0.717, 1.165) is 29.7 Å². The third kappa shape index (κ3) is 4.99. The van der Waals surface area contributed by atoms with Gasteiger partial charge in [-0.3, -0.25) is 0 Å². The first-order chi connectivity index (χ1) is 8.02. The summed E-state index contributed by atoms with van der Waals surface area (Å²) < 4.78 is 0. The summed E-state index contributed by atoms with van der Waals surface area (Å²) in [6, 6.07) is 0.718. The van der Waals surface area contributed by atoms with E-state index in [4.69, 9.17) is 0 Å². The summed E-state index contributed by atoms with van der Waals surface area (Å²) in [5.41, 5.74) is 0. The Balaban J connectivity index is 2.32. The second-order valence-corrected chi connectivity index (χ2v) is 6.75. The maximum Gasteiger partial charge on any atom is 0.00671 e. The third-order valence-corrected chi connectivity index (χ3v) is 4.75. The zero-order valence-corrected chi connectivity index (χ0v) is 12.6. The highest BCUT2D eigenvalue weighted by molar-refractivity contribution is 4.78. The lowest BCUT2D eigenvalue weighted by molar-refractivity contribution is 0.230. The molecule has 0 heterocycles. The maximum atomic E-state index is 3.82. The lowest BCUT2D eigenvalue weighted by Crippen LogP contribution is -2.39. The molecule has 1 atom stereocenters. The van der Waals surface area contributed by atoms with E-state index in [0.29, 0.717) is 0 Å². The van der Waals surface area contributed by atoms with Crippen LogP contribution in [-0.4, -0.2) is 12.6 Å². The zero-order chi connectivity index (χ0) is 12.8. The van der Waals surface area contributed by atoms with Crippen molar-refractivity contribution in [1.29, 1.82) is 0 Å². The van der Waals surface area contributed by atoms with Crippen LogP contribution in [0.4, 0.5) is 0 Å². The normalized spacial score (nSPS) is 20.5. The predicted octanol–water partition coefficient (Wildman–Crippen LogP) is 4.47. The molecule has 102 valence electrons. The molecule has 0 spiro atoms. The topological polar surface area (TPSA) is 12.0 Å². The lowest BCUT2D eigenvalue weighted by atomic mass is 9.82. The number of hydrogen-bond donors (Lipinski definition) is 1. The van der Waals surface area contributed by atoms with Crippen molar-refractivity contribution in [1.82, 2.24) is 5.32 Å². The summed E-state index contributed by atoms with van der Waals surface area (Å²) in [5.74, 6) is 3.34. The lowest BCUT2D eigenvalue weighted by Gasteiger charge is -2.32. The number of nitrogens with one attached hydrogen (secondary N) is 1. The monoisotopic (exact) mass is 239 g/mol. The van der Waals surface area contributed by atoms with Gasteiger partial charge in [-0.1, -0.05) is 47.0 Å². The summed E-state index contributed by atoms with van der Waals surface area (Å²) in [4.78, 5) is 0. The number of hydrogen-bond acceptors (Lipinski definition) is 1. The molecule has 1 N–H and O–H groups in total. The summed E-state index contributed by atoms with van der Waals surface area (Å²) in [6.45, 7) is 13.0. The fraction of sp³-hybridized carbons (Fsp3) is 1.00. The second-order valence-electron chi connectivity index (χ2n) is 6.75. The fourth-order valence-corrected chi connectivity index (χ4v) is 3.36. The first-order valence-electron chi connectivity index (χ1n) is 7.75. The van der Waals surface area contributed by atoms with Gasteiger partial charge in [-0.15, -0.1) is 0 Å². The SMILES string of the molecule is CC(C)C(CN[C@H](C)C1CCCCC1)C(C)C. The Morgan fingerprint density at radius 2 is 1.41 bits per heavy atom. The first-order valence-corrected chi connectivity index (χ1v) is 7.75. The van der Waals surface area contributed by atoms with E-state index < -0.39 is 0 Å². The van der Waals surface area contributed by atoms with Gasteiger partial charge in [0.25, 0.3) is 0 Å². The van der Waals surface area contributed by atoms with Crippen LogP contribution >= 0.6 is 0 Å². The minimum Gasteiger partial charge on any atom is -0.314 e. The van der Waals surface area contributed by atoms with Crippen LogP contribution in [0, 0.1) is 23.7 Å². The van der Waals surface area contributed by atoms with Gasteiger partial charge in [0.1, 0.15) is 0 Å². The molecular formula is C16H33N. The summed E-state index contributed by atoms with van der Waals surface area (Å²) in [6.07, 6.45) is 7.26. The van der Waals surface area contributed by atoms with Crippen molar-refractivity contribution in [3.8, 4) is 0 Å². The molecule has 0 aliphatic heterocycles. The first kappa shape index (κ1) is 15.0. The van der Waals surface area contributed by atoms with Crippen molar-refractivity contribution in [2.24, 2.45) is 23.7 Å². The molecule has 17 heavy (non-hydrogen) atoms. The van der Waals surface area contributed by atoms with Gasteiger partial charge < -0.3 is 5.32 Å². The largest absolute Gasteiger partial charge is 0.314 e. The van der Waals surface area contributed by atoms with Crippen molar-refractivity contribution in [3.05, 3.63) is 0 Å². The van der Waals surface area contributed by atoms with E-state index in [1.54, 1.807) is 0 Å². The van der Waals surface area contributed by atoms with E-state index >= 15 is 0 Å². The smallest absolute Gasteiger partial charge is 0.00671 e. The van der Waals surface area contributed by atoms with E-state index in [-0.39, 0.29) is 0 Å². The molecule has 1 aliphatic rings. The molecule has 0 aromatic carbocycles. The Kier molecular flexibility index (Phi) is 6.54. The highest BCUT2D eigenvalue weighted by atomic mass is 14.9. The molecule has 1 aliphatic carbocycles. The van der Waals surface area contributed by atoms with Gasteiger partial charge in [0.15, 0.2) is 0 Å². The molecule has 1 heteroatoms. The van der Waals surface area contributed by atoms with E-state index in [9.17, 15) is 0 Å². The molecule has 0 saturated heterocycles. The van der Waals surface area contributed by atoms with Crippen LogP contribution in [0.1, 0.15) is 66.7 Å².